The number of nitrogens with zero attached hydrogens (tertiary/aromatic N) is 2. The molecule has 1 aromatic rings. The lowest BCUT2D eigenvalue weighted by atomic mass is 9.95. The second kappa shape index (κ2) is 7.16. The molecule has 1 heterocycles. The van der Waals surface area contributed by atoms with Crippen molar-refractivity contribution in [1.29, 1.82) is 0 Å². The third kappa shape index (κ3) is 3.78. The fraction of sp³-hybridized carbons (Fsp3) is 0.733. The van der Waals surface area contributed by atoms with Crippen molar-refractivity contribution in [3.05, 3.63) is 11.4 Å². The highest BCUT2D eigenvalue weighted by atomic mass is 32.2. The summed E-state index contributed by atoms with van der Waals surface area (Å²) in [5.74, 6) is 2.41. The van der Waals surface area contributed by atoms with Crippen molar-refractivity contribution in [2.24, 2.45) is 0 Å². The lowest BCUT2D eigenvalue weighted by Gasteiger charge is -2.29. The van der Waals surface area contributed by atoms with Gasteiger partial charge in [-0.3, -0.25) is 0 Å². The molecule has 3 N–H and O–H groups in total. The monoisotopic (exact) mass is 294 g/mol. The molecule has 0 radical (unpaired) electrons. The van der Waals surface area contributed by atoms with Gasteiger partial charge in [0.1, 0.15) is 17.5 Å². The maximum atomic E-state index is 6.02. The molecule has 0 amide bonds. The van der Waals surface area contributed by atoms with Crippen molar-refractivity contribution in [3.8, 4) is 0 Å². The van der Waals surface area contributed by atoms with Gasteiger partial charge in [0, 0.05) is 23.3 Å². The zero-order valence-corrected chi connectivity index (χ0v) is 13.6. The van der Waals surface area contributed by atoms with Gasteiger partial charge in [0.2, 0.25) is 0 Å². The van der Waals surface area contributed by atoms with Crippen molar-refractivity contribution in [2.75, 3.05) is 17.3 Å². The Labute approximate surface area is 126 Å². The molecule has 5 heteroatoms. The Morgan fingerprint density at radius 1 is 1.35 bits per heavy atom. The van der Waals surface area contributed by atoms with Gasteiger partial charge in [-0.15, -0.1) is 0 Å². The lowest BCUT2D eigenvalue weighted by molar-refractivity contribution is 0.472. The Hall–Kier alpha value is -0.970. The van der Waals surface area contributed by atoms with Gasteiger partial charge in [-0.1, -0.05) is 13.3 Å². The van der Waals surface area contributed by atoms with Crippen LogP contribution in [-0.4, -0.2) is 27.5 Å². The van der Waals surface area contributed by atoms with Crippen LogP contribution in [0.5, 0.6) is 0 Å². The minimum absolute atomic E-state index is 0.517. The zero-order valence-electron chi connectivity index (χ0n) is 12.8. The van der Waals surface area contributed by atoms with Crippen LogP contribution in [0.25, 0.3) is 0 Å². The van der Waals surface area contributed by atoms with Crippen molar-refractivity contribution in [3.63, 3.8) is 0 Å². The van der Waals surface area contributed by atoms with Crippen LogP contribution in [0.4, 0.5) is 11.6 Å². The second-order valence-electron chi connectivity index (χ2n) is 5.61. The molecule has 0 saturated heterocycles. The average molecular weight is 294 g/mol. The van der Waals surface area contributed by atoms with E-state index in [0.717, 1.165) is 35.3 Å². The van der Waals surface area contributed by atoms with Gasteiger partial charge in [0.05, 0.1) is 0 Å². The molecule has 20 heavy (non-hydrogen) atoms. The topological polar surface area (TPSA) is 63.8 Å². The SMILES string of the molecule is CCCc1nc(N)c(C)c(NC2CCCC(SC)C2)n1. The van der Waals surface area contributed by atoms with Gasteiger partial charge in [-0.25, -0.2) is 9.97 Å². The molecule has 2 rings (SSSR count). The predicted molar refractivity (Wildman–Crippen MR) is 88.4 cm³/mol. The fourth-order valence-corrected chi connectivity index (χ4v) is 3.57. The van der Waals surface area contributed by atoms with E-state index in [0.29, 0.717) is 11.9 Å². The summed E-state index contributed by atoms with van der Waals surface area (Å²) in [4.78, 5) is 9.03. The summed E-state index contributed by atoms with van der Waals surface area (Å²) in [6.07, 6.45) is 9.21. The number of nitrogens with two attached hydrogens (primary N) is 1. The number of thioether (sulfide) groups is 1. The first-order chi connectivity index (χ1) is 9.63. The molecule has 4 nitrogen and oxygen atoms in total. The standard InChI is InChI=1S/C15H26N4S/c1-4-6-13-18-14(16)10(2)15(19-13)17-11-7-5-8-12(9-11)20-3/h11-12H,4-9H2,1-3H3,(H3,16,17,18,19). The van der Waals surface area contributed by atoms with Crippen LogP contribution in [-0.2, 0) is 6.42 Å². The summed E-state index contributed by atoms with van der Waals surface area (Å²) in [6, 6.07) is 0.517. The number of nitrogen functional groups attached to an aromatic ring is 1. The Morgan fingerprint density at radius 3 is 2.85 bits per heavy atom. The van der Waals surface area contributed by atoms with Crippen LogP contribution in [0, 0.1) is 6.92 Å². The Kier molecular flexibility index (Phi) is 5.52. The normalized spacial score (nSPS) is 22.8. The molecule has 1 aliphatic rings. The fourth-order valence-electron chi connectivity index (χ4n) is 2.74. The Balaban J connectivity index is 2.11. The van der Waals surface area contributed by atoms with Crippen molar-refractivity contribution in [2.45, 2.75) is 63.7 Å². The number of nitrogens with one attached hydrogen (secondary N) is 1. The van der Waals surface area contributed by atoms with Crippen LogP contribution in [0.15, 0.2) is 0 Å². The second-order valence-corrected chi connectivity index (χ2v) is 6.75. The quantitative estimate of drug-likeness (QED) is 0.871. The molecule has 0 aromatic carbocycles. The number of hydrogen-bond donors (Lipinski definition) is 2. The van der Waals surface area contributed by atoms with E-state index < -0.39 is 0 Å². The molecule has 0 bridgehead atoms. The molecule has 112 valence electrons. The van der Waals surface area contributed by atoms with Gasteiger partial charge in [0.15, 0.2) is 0 Å². The van der Waals surface area contributed by atoms with Gasteiger partial charge in [0.25, 0.3) is 0 Å². The minimum atomic E-state index is 0.517. The first kappa shape index (κ1) is 15.4. The smallest absolute Gasteiger partial charge is 0.134 e. The maximum Gasteiger partial charge on any atom is 0.134 e. The van der Waals surface area contributed by atoms with E-state index in [-0.39, 0.29) is 0 Å². The number of aryl methyl sites for hydroxylation is 1. The first-order valence-corrected chi connectivity index (χ1v) is 8.85. The third-order valence-corrected chi connectivity index (χ3v) is 5.10. The summed E-state index contributed by atoms with van der Waals surface area (Å²) in [7, 11) is 0. The summed E-state index contributed by atoms with van der Waals surface area (Å²) < 4.78 is 0. The highest BCUT2D eigenvalue weighted by Crippen LogP contribution is 2.29. The van der Waals surface area contributed by atoms with Gasteiger partial charge >= 0.3 is 0 Å². The Bertz CT molecular complexity index is 450. The molecular weight excluding hydrogens is 268 g/mol. The largest absolute Gasteiger partial charge is 0.383 e. The van der Waals surface area contributed by atoms with Crippen LogP contribution < -0.4 is 11.1 Å². The number of hydrogen-bond acceptors (Lipinski definition) is 5. The molecule has 1 aromatic heterocycles. The highest BCUT2D eigenvalue weighted by Gasteiger charge is 2.22. The van der Waals surface area contributed by atoms with E-state index in [9.17, 15) is 0 Å². The van der Waals surface area contributed by atoms with Gasteiger partial charge < -0.3 is 11.1 Å². The first-order valence-electron chi connectivity index (χ1n) is 7.56. The highest BCUT2D eigenvalue weighted by molar-refractivity contribution is 7.99. The van der Waals surface area contributed by atoms with Crippen LogP contribution in [0.1, 0.15) is 50.4 Å². The zero-order chi connectivity index (χ0) is 14.5. The Morgan fingerprint density at radius 2 is 2.15 bits per heavy atom. The molecule has 1 aliphatic carbocycles. The molecule has 2 unspecified atom stereocenters. The van der Waals surface area contributed by atoms with E-state index in [2.05, 4.69) is 28.5 Å². The summed E-state index contributed by atoms with van der Waals surface area (Å²) in [5.41, 5.74) is 7.00. The summed E-state index contributed by atoms with van der Waals surface area (Å²) in [6.45, 7) is 4.14. The van der Waals surface area contributed by atoms with Crippen molar-refractivity contribution < 1.29 is 0 Å². The van der Waals surface area contributed by atoms with E-state index in [1.165, 1.54) is 25.7 Å². The molecular formula is C15H26N4S. The van der Waals surface area contributed by atoms with Crippen molar-refractivity contribution >= 4 is 23.4 Å². The van der Waals surface area contributed by atoms with E-state index in [1.54, 1.807) is 0 Å². The van der Waals surface area contributed by atoms with Crippen LogP contribution in [0.3, 0.4) is 0 Å². The molecule has 0 spiro atoms. The number of anilines is 2. The van der Waals surface area contributed by atoms with E-state index >= 15 is 0 Å². The van der Waals surface area contributed by atoms with Gasteiger partial charge in [-0.2, -0.15) is 11.8 Å². The summed E-state index contributed by atoms with van der Waals surface area (Å²) in [5, 5.41) is 4.38. The summed E-state index contributed by atoms with van der Waals surface area (Å²) >= 11 is 1.98. The predicted octanol–water partition coefficient (Wildman–Crippen LogP) is 3.41. The molecule has 1 fully saturated rings. The maximum absolute atomic E-state index is 6.02. The molecule has 0 aliphatic heterocycles. The van der Waals surface area contributed by atoms with E-state index in [1.807, 2.05) is 18.7 Å². The van der Waals surface area contributed by atoms with Crippen LogP contribution in [0.2, 0.25) is 0 Å². The molecule has 2 atom stereocenters. The van der Waals surface area contributed by atoms with Crippen LogP contribution >= 0.6 is 11.8 Å². The molecule has 1 saturated carbocycles. The number of aromatic nitrogens is 2. The van der Waals surface area contributed by atoms with E-state index in [4.69, 9.17) is 5.73 Å². The number of rotatable bonds is 5. The lowest BCUT2D eigenvalue weighted by Crippen LogP contribution is -2.29. The van der Waals surface area contributed by atoms with Gasteiger partial charge in [-0.05, 0) is 38.9 Å². The average Bonchev–Trinajstić information content (AvgIpc) is 2.45. The third-order valence-electron chi connectivity index (χ3n) is 4.00. The minimum Gasteiger partial charge on any atom is -0.383 e. The van der Waals surface area contributed by atoms with Crippen molar-refractivity contribution in [1.82, 2.24) is 9.97 Å².